The van der Waals surface area contributed by atoms with Crippen molar-refractivity contribution < 1.29 is 0 Å². The summed E-state index contributed by atoms with van der Waals surface area (Å²) in [5.41, 5.74) is 3.71. The van der Waals surface area contributed by atoms with Crippen LogP contribution in [0.25, 0.3) is 0 Å². The molecule has 0 radical (unpaired) electrons. The Hall–Kier alpha value is -0.840. The molecular weight excluding hydrogens is 385 g/mol. The number of aromatic nitrogens is 2. The minimum absolute atomic E-state index is 0.0829. The van der Waals surface area contributed by atoms with Gasteiger partial charge in [-0.15, -0.1) is 11.8 Å². The van der Waals surface area contributed by atoms with Crippen LogP contribution in [0.1, 0.15) is 67.5 Å². The number of benzene rings is 1. The lowest BCUT2D eigenvalue weighted by Gasteiger charge is -2.27. The third-order valence-corrected chi connectivity index (χ3v) is 7.55. The highest BCUT2D eigenvalue weighted by molar-refractivity contribution is 8.01. The lowest BCUT2D eigenvalue weighted by atomic mass is 9.95. The van der Waals surface area contributed by atoms with Gasteiger partial charge in [-0.25, -0.2) is 0 Å². The first-order valence-electron chi connectivity index (χ1n) is 9.29. The summed E-state index contributed by atoms with van der Waals surface area (Å²) in [4.78, 5) is 0. The number of fused-ring (bicyclic) bond motifs is 1. The number of anilines is 1. The van der Waals surface area contributed by atoms with Gasteiger partial charge >= 0.3 is 0 Å². The van der Waals surface area contributed by atoms with Gasteiger partial charge in [-0.2, -0.15) is 5.10 Å². The molecule has 1 atom stereocenters. The van der Waals surface area contributed by atoms with Gasteiger partial charge in [-0.3, -0.25) is 4.68 Å². The van der Waals surface area contributed by atoms with Crippen LogP contribution in [0.15, 0.2) is 18.2 Å². The molecule has 1 N–H and O–H groups in total. The van der Waals surface area contributed by atoms with Crippen LogP contribution >= 0.6 is 35.0 Å². The van der Waals surface area contributed by atoms with E-state index < -0.39 is 0 Å². The van der Waals surface area contributed by atoms with Crippen LogP contribution in [0.5, 0.6) is 0 Å². The Morgan fingerprint density at radius 1 is 1.23 bits per heavy atom. The maximum atomic E-state index is 6.65. The molecule has 1 aromatic heterocycles. The number of thioether (sulfide) groups is 1. The normalized spacial score (nSPS) is 22.7. The largest absolute Gasteiger partial charge is 0.369 e. The summed E-state index contributed by atoms with van der Waals surface area (Å²) in [6.45, 7) is 5.47. The number of rotatable bonds is 2. The highest BCUT2D eigenvalue weighted by atomic mass is 35.5. The Labute approximate surface area is 169 Å². The molecular formula is C20H25Cl2N3S. The van der Waals surface area contributed by atoms with Crippen LogP contribution in [0, 0.1) is 0 Å². The summed E-state index contributed by atoms with van der Waals surface area (Å²) >= 11 is 14.8. The molecule has 4 rings (SSSR count). The highest BCUT2D eigenvalue weighted by Gasteiger charge is 2.38. The van der Waals surface area contributed by atoms with E-state index >= 15 is 0 Å². The number of halogens is 2. The van der Waals surface area contributed by atoms with Crippen LogP contribution in [-0.2, 0) is 7.05 Å². The first-order valence-corrected chi connectivity index (χ1v) is 10.9. The van der Waals surface area contributed by atoms with E-state index in [-0.39, 0.29) is 10.00 Å². The van der Waals surface area contributed by atoms with Crippen LogP contribution in [0.4, 0.5) is 5.82 Å². The number of nitrogens with zero attached hydrogens (tertiary/aromatic N) is 2. The summed E-state index contributed by atoms with van der Waals surface area (Å²) in [6.07, 6.45) is 5.07. The molecule has 2 aromatic rings. The highest BCUT2D eigenvalue weighted by Crippen LogP contribution is 2.52. The van der Waals surface area contributed by atoms with Crippen molar-refractivity contribution in [2.45, 2.75) is 55.4 Å². The van der Waals surface area contributed by atoms with Gasteiger partial charge < -0.3 is 5.32 Å². The molecule has 3 nitrogen and oxygen atoms in total. The summed E-state index contributed by atoms with van der Waals surface area (Å²) in [6, 6.07) is 5.88. The predicted molar refractivity (Wildman–Crippen MR) is 113 cm³/mol. The van der Waals surface area contributed by atoms with Crippen LogP contribution in [-0.4, -0.2) is 21.1 Å². The second kappa shape index (κ2) is 6.96. The molecule has 2 aliphatic rings. The fourth-order valence-electron chi connectivity index (χ4n) is 4.18. The van der Waals surface area contributed by atoms with Crippen molar-refractivity contribution >= 4 is 40.8 Å². The molecule has 1 aliphatic carbocycles. The second-order valence-corrected chi connectivity index (χ2v) is 10.7. The topological polar surface area (TPSA) is 29.9 Å². The number of hydrogen-bond acceptors (Lipinski definition) is 3. The Kier molecular flexibility index (Phi) is 4.96. The van der Waals surface area contributed by atoms with Crippen molar-refractivity contribution in [3.8, 4) is 0 Å². The summed E-state index contributed by atoms with van der Waals surface area (Å²) < 4.78 is 2.11. The molecule has 0 saturated heterocycles. The molecule has 1 fully saturated rings. The molecule has 0 amide bonds. The maximum absolute atomic E-state index is 6.65. The van der Waals surface area contributed by atoms with Gasteiger partial charge in [0.2, 0.25) is 0 Å². The van der Waals surface area contributed by atoms with E-state index in [9.17, 15) is 0 Å². The van der Waals surface area contributed by atoms with Gasteiger partial charge in [0.15, 0.2) is 0 Å². The molecule has 1 aromatic carbocycles. The minimum atomic E-state index is 0.0829. The van der Waals surface area contributed by atoms with Gasteiger partial charge in [0.25, 0.3) is 0 Å². The van der Waals surface area contributed by atoms with Crippen LogP contribution in [0.3, 0.4) is 0 Å². The SMILES string of the molecule is Cn1nc(C2CCCC2)c2c1NCC(C)(C)SC2c1ccc(Cl)cc1Cl. The van der Waals surface area contributed by atoms with Gasteiger partial charge in [-0.05, 0) is 44.4 Å². The van der Waals surface area contributed by atoms with Crippen LogP contribution < -0.4 is 5.32 Å². The Morgan fingerprint density at radius 3 is 2.65 bits per heavy atom. The first kappa shape index (κ1) is 18.5. The van der Waals surface area contributed by atoms with Crippen molar-refractivity contribution in [1.82, 2.24) is 9.78 Å². The maximum Gasteiger partial charge on any atom is 0.128 e. The van der Waals surface area contributed by atoms with E-state index in [0.717, 1.165) is 22.9 Å². The number of nitrogens with one attached hydrogen (secondary N) is 1. The van der Waals surface area contributed by atoms with Crippen molar-refractivity contribution in [2.24, 2.45) is 7.05 Å². The first-order chi connectivity index (χ1) is 12.4. The van der Waals surface area contributed by atoms with Crippen molar-refractivity contribution in [3.05, 3.63) is 45.1 Å². The quantitative estimate of drug-likeness (QED) is 0.620. The van der Waals surface area contributed by atoms with E-state index in [4.69, 9.17) is 28.3 Å². The predicted octanol–water partition coefficient (Wildman–Crippen LogP) is 6.41. The molecule has 1 aliphatic heterocycles. The molecule has 1 unspecified atom stereocenters. The fraction of sp³-hybridized carbons (Fsp3) is 0.550. The number of aryl methyl sites for hydroxylation is 1. The summed E-state index contributed by atoms with van der Waals surface area (Å²) in [5.74, 6) is 1.70. The van der Waals surface area contributed by atoms with Crippen molar-refractivity contribution in [3.63, 3.8) is 0 Å². The summed E-state index contributed by atoms with van der Waals surface area (Å²) in [7, 11) is 2.05. The molecule has 2 heterocycles. The Balaban J connectivity index is 1.89. The van der Waals surface area contributed by atoms with Crippen molar-refractivity contribution in [2.75, 3.05) is 11.9 Å². The van der Waals surface area contributed by atoms with E-state index in [2.05, 4.69) is 25.2 Å². The molecule has 0 bridgehead atoms. The van der Waals surface area contributed by atoms with Crippen LogP contribution in [0.2, 0.25) is 10.0 Å². The lowest BCUT2D eigenvalue weighted by molar-refractivity contribution is 0.652. The van der Waals surface area contributed by atoms with E-state index in [1.165, 1.54) is 36.9 Å². The van der Waals surface area contributed by atoms with Gasteiger partial charge in [0, 0.05) is 39.9 Å². The van der Waals surface area contributed by atoms with Gasteiger partial charge in [0.1, 0.15) is 5.82 Å². The van der Waals surface area contributed by atoms with Gasteiger partial charge in [0.05, 0.1) is 10.9 Å². The summed E-state index contributed by atoms with van der Waals surface area (Å²) in [5, 5.41) is 10.2. The zero-order valence-electron chi connectivity index (χ0n) is 15.5. The standard InChI is InChI=1S/C20H25Cl2N3S/c1-20(2)11-23-19-16(17(24-25(19)3)12-6-4-5-7-12)18(26-20)14-9-8-13(21)10-15(14)22/h8-10,12,18,23H,4-7,11H2,1-3H3. The molecule has 6 heteroatoms. The van der Waals surface area contributed by atoms with Crippen molar-refractivity contribution in [1.29, 1.82) is 0 Å². The molecule has 140 valence electrons. The smallest absolute Gasteiger partial charge is 0.128 e. The van der Waals surface area contributed by atoms with E-state index in [0.29, 0.717) is 10.9 Å². The molecule has 26 heavy (non-hydrogen) atoms. The van der Waals surface area contributed by atoms with E-state index in [1.807, 2.05) is 35.6 Å². The third-order valence-electron chi connectivity index (χ3n) is 5.48. The average molecular weight is 410 g/mol. The minimum Gasteiger partial charge on any atom is -0.369 e. The zero-order chi connectivity index (χ0) is 18.5. The lowest BCUT2D eigenvalue weighted by Crippen LogP contribution is -2.26. The van der Waals surface area contributed by atoms with E-state index in [1.54, 1.807) is 0 Å². The Morgan fingerprint density at radius 2 is 1.96 bits per heavy atom. The molecule has 1 saturated carbocycles. The average Bonchev–Trinajstić information content (AvgIpc) is 3.16. The second-order valence-electron chi connectivity index (χ2n) is 8.03. The fourth-order valence-corrected chi connectivity index (χ4v) is 6.24. The third kappa shape index (κ3) is 3.36. The zero-order valence-corrected chi connectivity index (χ0v) is 17.8. The van der Waals surface area contributed by atoms with Gasteiger partial charge in [-0.1, -0.05) is 42.1 Å². The Bertz CT molecular complexity index is 825. The number of hydrogen-bond donors (Lipinski definition) is 1. The monoisotopic (exact) mass is 409 g/mol. The molecule has 0 spiro atoms.